The van der Waals surface area contributed by atoms with Crippen molar-refractivity contribution in [3.05, 3.63) is 42.6 Å². The molecule has 0 aliphatic carbocycles. The van der Waals surface area contributed by atoms with E-state index in [0.29, 0.717) is 11.3 Å². The summed E-state index contributed by atoms with van der Waals surface area (Å²) in [6.45, 7) is 7.99. The summed E-state index contributed by atoms with van der Waals surface area (Å²) in [5.41, 5.74) is 0.587. The fourth-order valence-electron chi connectivity index (χ4n) is 2.20. The van der Waals surface area contributed by atoms with E-state index in [1.807, 2.05) is 33.8 Å². The Kier molecular flexibility index (Phi) is 3.18. The van der Waals surface area contributed by atoms with Gasteiger partial charge in [0.1, 0.15) is 5.82 Å². The van der Waals surface area contributed by atoms with Crippen LogP contribution in [0.2, 0.25) is 0 Å². The van der Waals surface area contributed by atoms with Crippen LogP contribution in [0, 0.1) is 5.82 Å². The van der Waals surface area contributed by atoms with Crippen molar-refractivity contribution in [3.8, 4) is 5.69 Å². The molecule has 6 heteroatoms. The molecular formula is C15H18BFN2O2. The molecule has 4 nitrogen and oxygen atoms in total. The molecule has 0 N–H and O–H groups in total. The van der Waals surface area contributed by atoms with E-state index in [9.17, 15) is 4.39 Å². The third-order valence-corrected chi connectivity index (χ3v) is 4.20. The predicted octanol–water partition coefficient (Wildman–Crippen LogP) is 2.31. The second-order valence-electron chi connectivity index (χ2n) is 6.27. The van der Waals surface area contributed by atoms with Gasteiger partial charge >= 0.3 is 7.12 Å². The molecule has 1 aliphatic rings. The lowest BCUT2D eigenvalue weighted by atomic mass is 9.86. The van der Waals surface area contributed by atoms with Gasteiger partial charge < -0.3 is 13.9 Å². The van der Waals surface area contributed by atoms with Gasteiger partial charge in [-0.25, -0.2) is 9.37 Å². The van der Waals surface area contributed by atoms with Crippen molar-refractivity contribution >= 4 is 12.7 Å². The number of rotatable bonds is 2. The van der Waals surface area contributed by atoms with Gasteiger partial charge in [-0.15, -0.1) is 0 Å². The van der Waals surface area contributed by atoms with Gasteiger partial charge in [0.15, 0.2) is 0 Å². The van der Waals surface area contributed by atoms with E-state index in [0.717, 1.165) is 0 Å². The van der Waals surface area contributed by atoms with Gasteiger partial charge in [-0.05, 0) is 45.9 Å². The fraction of sp³-hybridized carbons (Fsp3) is 0.400. The zero-order valence-corrected chi connectivity index (χ0v) is 12.6. The molecule has 1 aliphatic heterocycles. The minimum Gasteiger partial charge on any atom is -0.398 e. The van der Waals surface area contributed by atoms with Crippen LogP contribution >= 0.6 is 0 Å². The highest BCUT2D eigenvalue weighted by atomic mass is 19.1. The molecule has 1 saturated heterocycles. The summed E-state index contributed by atoms with van der Waals surface area (Å²) in [7, 11) is -0.509. The molecule has 1 fully saturated rings. The van der Waals surface area contributed by atoms with Gasteiger partial charge in [0, 0.05) is 11.9 Å². The Morgan fingerprint density at radius 1 is 1.14 bits per heavy atom. The van der Waals surface area contributed by atoms with E-state index in [2.05, 4.69) is 4.98 Å². The molecule has 2 heterocycles. The smallest absolute Gasteiger partial charge is 0.398 e. The topological polar surface area (TPSA) is 36.3 Å². The molecule has 110 valence electrons. The van der Waals surface area contributed by atoms with E-state index >= 15 is 0 Å². The largest absolute Gasteiger partial charge is 0.516 e. The number of aromatic nitrogens is 2. The highest BCUT2D eigenvalue weighted by Crippen LogP contribution is 2.36. The molecule has 1 aromatic carbocycles. The SMILES string of the molecule is CC1(C)OB(c2cn(-c3cccc(F)c3)cn2)OC1(C)C. The number of imidazole rings is 1. The maximum Gasteiger partial charge on any atom is 0.516 e. The number of hydrogen-bond donors (Lipinski definition) is 0. The van der Waals surface area contributed by atoms with E-state index in [1.165, 1.54) is 12.1 Å². The second kappa shape index (κ2) is 4.68. The third-order valence-electron chi connectivity index (χ3n) is 4.20. The molecule has 0 amide bonds. The molecule has 0 spiro atoms. The minimum absolute atomic E-state index is 0.279. The molecular weight excluding hydrogens is 270 g/mol. The molecule has 21 heavy (non-hydrogen) atoms. The number of hydrogen-bond acceptors (Lipinski definition) is 3. The highest BCUT2D eigenvalue weighted by Gasteiger charge is 2.52. The minimum atomic E-state index is -0.509. The summed E-state index contributed by atoms with van der Waals surface area (Å²) < 4.78 is 26.9. The predicted molar refractivity (Wildman–Crippen MR) is 79.2 cm³/mol. The van der Waals surface area contributed by atoms with Crippen LogP contribution in [0.1, 0.15) is 27.7 Å². The van der Waals surface area contributed by atoms with Crippen LogP contribution in [-0.4, -0.2) is 27.9 Å². The quantitative estimate of drug-likeness (QED) is 0.796. The van der Waals surface area contributed by atoms with Crippen LogP contribution in [0.25, 0.3) is 5.69 Å². The zero-order valence-electron chi connectivity index (χ0n) is 12.6. The molecule has 3 rings (SSSR count). The Morgan fingerprint density at radius 3 is 2.43 bits per heavy atom. The van der Waals surface area contributed by atoms with Crippen LogP contribution in [0.15, 0.2) is 36.8 Å². The molecule has 2 aromatic rings. The lowest BCUT2D eigenvalue weighted by Crippen LogP contribution is -2.41. The van der Waals surface area contributed by atoms with E-state index in [1.54, 1.807) is 23.2 Å². The van der Waals surface area contributed by atoms with E-state index in [-0.39, 0.29) is 5.82 Å². The standard InChI is InChI=1S/C15H18BFN2O2/c1-14(2)15(3,4)21-16(20-14)13-9-19(10-18-13)12-7-5-6-11(17)8-12/h5-10H,1-4H3. The Morgan fingerprint density at radius 2 is 1.81 bits per heavy atom. The first-order valence-corrected chi connectivity index (χ1v) is 6.94. The van der Waals surface area contributed by atoms with Gasteiger partial charge in [-0.2, -0.15) is 0 Å². The first-order chi connectivity index (χ1) is 9.78. The molecule has 0 atom stereocenters. The van der Waals surface area contributed by atoms with Crippen LogP contribution in [0.4, 0.5) is 4.39 Å². The van der Waals surface area contributed by atoms with Crippen LogP contribution in [0.5, 0.6) is 0 Å². The average Bonchev–Trinajstić information content (AvgIpc) is 2.93. The first kappa shape index (κ1) is 14.3. The van der Waals surface area contributed by atoms with Crippen molar-refractivity contribution in [2.45, 2.75) is 38.9 Å². The van der Waals surface area contributed by atoms with Crippen LogP contribution < -0.4 is 5.59 Å². The van der Waals surface area contributed by atoms with Gasteiger partial charge in [-0.1, -0.05) is 6.07 Å². The zero-order chi connectivity index (χ0) is 15.3. The normalized spacial score (nSPS) is 20.0. The monoisotopic (exact) mass is 288 g/mol. The Balaban J connectivity index is 1.87. The molecule has 0 unspecified atom stereocenters. The maximum atomic E-state index is 13.3. The van der Waals surface area contributed by atoms with Crippen molar-refractivity contribution < 1.29 is 13.7 Å². The Labute approximate surface area is 124 Å². The maximum absolute atomic E-state index is 13.3. The van der Waals surface area contributed by atoms with E-state index in [4.69, 9.17) is 9.31 Å². The van der Waals surface area contributed by atoms with Gasteiger partial charge in [0.05, 0.1) is 23.1 Å². The summed E-state index contributed by atoms with van der Waals surface area (Å²) in [5.74, 6) is -0.279. The number of nitrogens with zero attached hydrogens (tertiary/aromatic N) is 2. The summed E-state index contributed by atoms with van der Waals surface area (Å²) >= 11 is 0. The van der Waals surface area contributed by atoms with Crippen molar-refractivity contribution in [1.82, 2.24) is 9.55 Å². The fourth-order valence-corrected chi connectivity index (χ4v) is 2.20. The highest BCUT2D eigenvalue weighted by molar-refractivity contribution is 6.61. The van der Waals surface area contributed by atoms with Crippen LogP contribution in [0.3, 0.4) is 0 Å². The Bertz CT molecular complexity index is 653. The summed E-state index contributed by atoms with van der Waals surface area (Å²) in [4.78, 5) is 4.33. The lowest BCUT2D eigenvalue weighted by molar-refractivity contribution is 0.00578. The summed E-state index contributed by atoms with van der Waals surface area (Å²) in [6, 6.07) is 6.35. The number of benzene rings is 1. The molecule has 0 saturated carbocycles. The molecule has 1 aromatic heterocycles. The van der Waals surface area contributed by atoms with Gasteiger partial charge in [-0.3, -0.25) is 0 Å². The van der Waals surface area contributed by atoms with Crippen molar-refractivity contribution in [1.29, 1.82) is 0 Å². The summed E-state index contributed by atoms with van der Waals surface area (Å²) in [5, 5.41) is 0. The van der Waals surface area contributed by atoms with Crippen LogP contribution in [-0.2, 0) is 9.31 Å². The average molecular weight is 288 g/mol. The van der Waals surface area contributed by atoms with Crippen molar-refractivity contribution in [2.24, 2.45) is 0 Å². The van der Waals surface area contributed by atoms with Crippen molar-refractivity contribution in [2.75, 3.05) is 0 Å². The third kappa shape index (κ3) is 2.49. The Hall–Kier alpha value is -1.66. The van der Waals surface area contributed by atoms with Gasteiger partial charge in [0.2, 0.25) is 0 Å². The molecule has 0 bridgehead atoms. The van der Waals surface area contributed by atoms with Gasteiger partial charge in [0.25, 0.3) is 0 Å². The first-order valence-electron chi connectivity index (χ1n) is 6.94. The molecule has 0 radical (unpaired) electrons. The summed E-state index contributed by atoms with van der Waals surface area (Å²) in [6.07, 6.45) is 3.44. The number of halogens is 1. The van der Waals surface area contributed by atoms with E-state index < -0.39 is 18.3 Å². The lowest BCUT2D eigenvalue weighted by Gasteiger charge is -2.32. The second-order valence-corrected chi connectivity index (χ2v) is 6.27. The van der Waals surface area contributed by atoms with Crippen molar-refractivity contribution in [3.63, 3.8) is 0 Å².